The summed E-state index contributed by atoms with van der Waals surface area (Å²) in [7, 11) is 0. The molecule has 0 amide bonds. The van der Waals surface area contributed by atoms with Gasteiger partial charge in [0.15, 0.2) is 0 Å². The molecule has 0 atom stereocenters. The highest BCUT2D eigenvalue weighted by molar-refractivity contribution is 5.99. The summed E-state index contributed by atoms with van der Waals surface area (Å²) in [5, 5.41) is 13.3. The minimum atomic E-state index is 0.581. The zero-order chi connectivity index (χ0) is 24.1. The fourth-order valence-corrected chi connectivity index (χ4v) is 5.20. The summed E-state index contributed by atoms with van der Waals surface area (Å²) in [5.41, 5.74) is 8.62. The summed E-state index contributed by atoms with van der Waals surface area (Å²) >= 11 is 0. The third-order valence-corrected chi connectivity index (χ3v) is 7.32. The van der Waals surface area contributed by atoms with Gasteiger partial charge in [0.05, 0.1) is 35.0 Å². The largest absolute Gasteiger partial charge is 0.371 e. The highest BCUT2D eigenvalue weighted by Crippen LogP contribution is 2.37. The van der Waals surface area contributed by atoms with Crippen LogP contribution in [-0.4, -0.2) is 43.2 Å². The molecule has 36 heavy (non-hydrogen) atoms. The van der Waals surface area contributed by atoms with Crippen molar-refractivity contribution in [2.45, 2.75) is 32.1 Å². The fraction of sp³-hybridized carbons (Fsp3) is 0.286. The Bertz CT molecular complexity index is 1590. The number of aromatic nitrogens is 6. The number of rotatable bonds is 6. The summed E-state index contributed by atoms with van der Waals surface area (Å²) in [4.78, 5) is 19.7. The lowest BCUT2D eigenvalue weighted by molar-refractivity contribution is 0.579. The molecule has 5 aromatic heterocycles. The van der Waals surface area contributed by atoms with Crippen LogP contribution in [0, 0.1) is 5.92 Å². The number of pyridine rings is 3. The second-order valence-corrected chi connectivity index (χ2v) is 9.90. The van der Waals surface area contributed by atoms with Crippen LogP contribution in [0.1, 0.15) is 32.1 Å². The van der Waals surface area contributed by atoms with Gasteiger partial charge in [-0.15, -0.1) is 0 Å². The van der Waals surface area contributed by atoms with E-state index in [1.807, 2.05) is 24.8 Å². The number of piperidine rings is 1. The lowest BCUT2D eigenvalue weighted by Crippen LogP contribution is -2.29. The first kappa shape index (κ1) is 21.1. The van der Waals surface area contributed by atoms with Crippen LogP contribution in [-0.2, 0) is 0 Å². The van der Waals surface area contributed by atoms with Crippen molar-refractivity contribution >= 4 is 33.3 Å². The lowest BCUT2D eigenvalue weighted by atomic mass is 10.1. The Morgan fingerprint density at radius 1 is 1.00 bits per heavy atom. The second kappa shape index (κ2) is 8.48. The topological polar surface area (TPSA) is 98.4 Å². The maximum Gasteiger partial charge on any atom is 0.139 e. The van der Waals surface area contributed by atoms with E-state index in [1.54, 1.807) is 0 Å². The molecule has 8 heteroatoms. The number of hydrogen-bond donors (Lipinski definition) is 3. The van der Waals surface area contributed by atoms with Crippen molar-refractivity contribution in [2.75, 3.05) is 23.3 Å². The number of nitrogens with zero attached hydrogens (tertiary/aromatic N) is 5. The first-order valence-corrected chi connectivity index (χ1v) is 12.7. The van der Waals surface area contributed by atoms with Crippen LogP contribution in [0.3, 0.4) is 0 Å². The lowest BCUT2D eigenvalue weighted by Gasteiger charge is -2.29. The van der Waals surface area contributed by atoms with Gasteiger partial charge in [-0.3, -0.25) is 15.1 Å². The third kappa shape index (κ3) is 3.79. The molecule has 6 heterocycles. The van der Waals surface area contributed by atoms with E-state index in [2.05, 4.69) is 71.2 Å². The molecule has 1 aliphatic carbocycles. The van der Waals surface area contributed by atoms with Crippen molar-refractivity contribution in [3.8, 4) is 22.6 Å². The van der Waals surface area contributed by atoms with E-state index in [9.17, 15) is 0 Å². The van der Waals surface area contributed by atoms with Gasteiger partial charge in [0.1, 0.15) is 11.3 Å². The summed E-state index contributed by atoms with van der Waals surface area (Å²) in [6, 6.07) is 8.46. The van der Waals surface area contributed by atoms with E-state index < -0.39 is 0 Å². The van der Waals surface area contributed by atoms with Gasteiger partial charge < -0.3 is 15.2 Å². The van der Waals surface area contributed by atoms with Crippen LogP contribution in [0.4, 0.5) is 11.4 Å². The van der Waals surface area contributed by atoms with Gasteiger partial charge in [0.2, 0.25) is 0 Å². The van der Waals surface area contributed by atoms with E-state index in [0.717, 1.165) is 69.1 Å². The molecule has 2 aliphatic rings. The molecule has 8 nitrogen and oxygen atoms in total. The average molecular weight is 477 g/mol. The minimum Gasteiger partial charge on any atom is -0.371 e. The van der Waals surface area contributed by atoms with Crippen LogP contribution in [0.25, 0.3) is 44.6 Å². The zero-order valence-electron chi connectivity index (χ0n) is 20.1. The Morgan fingerprint density at radius 2 is 1.89 bits per heavy atom. The van der Waals surface area contributed by atoms with Crippen LogP contribution in [0.2, 0.25) is 0 Å². The standard InChI is InChI=1S/C28H28N8/c1-17(18-5-6-18)32-20-11-19(14-29-15-20)23-12-21-25(16-31-23)34-35-27(21)24-13-22-26(7-8-30-28(22)33-24)36-9-3-2-4-10-36/h7-8,11-16,18,32H,1-6,9-10H2,(H,30,33)(H,34,35). The third-order valence-electron chi connectivity index (χ3n) is 7.32. The van der Waals surface area contributed by atoms with E-state index in [1.165, 1.54) is 37.8 Å². The van der Waals surface area contributed by atoms with Crippen LogP contribution < -0.4 is 10.2 Å². The molecule has 1 saturated heterocycles. The quantitative estimate of drug-likeness (QED) is 0.283. The zero-order valence-corrected chi connectivity index (χ0v) is 20.1. The van der Waals surface area contributed by atoms with Crippen LogP contribution in [0.15, 0.2) is 61.3 Å². The number of H-pyrrole nitrogens is 2. The monoisotopic (exact) mass is 476 g/mol. The highest BCUT2D eigenvalue weighted by atomic mass is 15.1. The summed E-state index contributed by atoms with van der Waals surface area (Å²) in [5.74, 6) is 0.581. The number of nitrogens with one attached hydrogen (secondary N) is 3. The summed E-state index contributed by atoms with van der Waals surface area (Å²) in [6.07, 6.45) is 13.6. The van der Waals surface area contributed by atoms with Gasteiger partial charge in [0.25, 0.3) is 0 Å². The Hall–Kier alpha value is -4.20. The van der Waals surface area contributed by atoms with Crippen LogP contribution in [0.5, 0.6) is 0 Å². The molecule has 1 aliphatic heterocycles. The van der Waals surface area contributed by atoms with Gasteiger partial charge in [0, 0.05) is 53.2 Å². The molecular formula is C28H28N8. The Morgan fingerprint density at radius 3 is 2.75 bits per heavy atom. The van der Waals surface area contributed by atoms with Crippen molar-refractivity contribution in [3.63, 3.8) is 0 Å². The minimum absolute atomic E-state index is 0.581. The van der Waals surface area contributed by atoms with Gasteiger partial charge in [-0.2, -0.15) is 5.10 Å². The Kier molecular flexibility index (Phi) is 4.97. The van der Waals surface area contributed by atoms with Crippen molar-refractivity contribution in [3.05, 3.63) is 61.3 Å². The first-order valence-electron chi connectivity index (χ1n) is 12.7. The summed E-state index contributed by atoms with van der Waals surface area (Å²) in [6.45, 7) is 6.36. The van der Waals surface area contributed by atoms with Crippen molar-refractivity contribution < 1.29 is 0 Å². The summed E-state index contributed by atoms with van der Waals surface area (Å²) < 4.78 is 0. The van der Waals surface area contributed by atoms with Gasteiger partial charge in [-0.25, -0.2) is 4.98 Å². The Labute approximate surface area is 208 Å². The highest BCUT2D eigenvalue weighted by Gasteiger charge is 2.24. The number of fused-ring (bicyclic) bond motifs is 2. The van der Waals surface area contributed by atoms with Crippen molar-refractivity contribution in [1.29, 1.82) is 0 Å². The van der Waals surface area contributed by atoms with E-state index in [0.29, 0.717) is 5.92 Å². The SMILES string of the molecule is C=C(Nc1cncc(-c2cc3c(-c4cc5c(N6CCCCC6)ccnc5[nH]4)n[nH]c3cn2)c1)C1CC1. The molecule has 0 bridgehead atoms. The smallest absolute Gasteiger partial charge is 0.139 e. The number of aromatic amines is 2. The molecule has 180 valence electrons. The molecule has 0 radical (unpaired) electrons. The molecule has 3 N–H and O–H groups in total. The van der Waals surface area contributed by atoms with Crippen molar-refractivity contribution in [2.24, 2.45) is 5.92 Å². The van der Waals surface area contributed by atoms with E-state index in [-0.39, 0.29) is 0 Å². The predicted molar refractivity (Wildman–Crippen MR) is 144 cm³/mol. The molecule has 7 rings (SSSR count). The predicted octanol–water partition coefficient (Wildman–Crippen LogP) is 5.89. The normalized spacial score (nSPS) is 16.1. The molecule has 0 unspecified atom stereocenters. The van der Waals surface area contributed by atoms with Gasteiger partial charge in [-0.1, -0.05) is 6.58 Å². The first-order chi connectivity index (χ1) is 17.7. The second-order valence-electron chi connectivity index (χ2n) is 9.90. The molecule has 5 aromatic rings. The van der Waals surface area contributed by atoms with E-state index in [4.69, 9.17) is 0 Å². The van der Waals surface area contributed by atoms with E-state index >= 15 is 0 Å². The number of anilines is 2. The Balaban J connectivity index is 1.25. The molecule has 2 fully saturated rings. The molecule has 0 aromatic carbocycles. The van der Waals surface area contributed by atoms with Gasteiger partial charge in [-0.05, 0) is 62.3 Å². The fourth-order valence-electron chi connectivity index (χ4n) is 5.20. The van der Waals surface area contributed by atoms with Crippen molar-refractivity contribution in [1.82, 2.24) is 30.1 Å². The van der Waals surface area contributed by atoms with Gasteiger partial charge >= 0.3 is 0 Å². The molecule has 0 spiro atoms. The van der Waals surface area contributed by atoms with Crippen LogP contribution >= 0.6 is 0 Å². The number of hydrogen-bond acceptors (Lipinski definition) is 6. The molecular weight excluding hydrogens is 448 g/mol. The number of allylic oxidation sites excluding steroid dienone is 1. The average Bonchev–Trinajstić information content (AvgIpc) is 3.55. The maximum absolute atomic E-state index is 4.68. The maximum atomic E-state index is 4.68. The molecule has 1 saturated carbocycles.